The number of benzene rings is 2. The zero-order valence-electron chi connectivity index (χ0n) is 9.02. The highest BCUT2D eigenvalue weighted by molar-refractivity contribution is 5.67. The Morgan fingerprint density at radius 2 is 1.21 bits per heavy atom. The number of rotatable bonds is 1. The molecule has 0 aliphatic carbocycles. The predicted molar refractivity (Wildman–Crippen MR) is 55.0 cm³/mol. The van der Waals surface area contributed by atoms with Crippen molar-refractivity contribution in [2.75, 3.05) is 0 Å². The van der Waals surface area contributed by atoms with Gasteiger partial charge in [0, 0.05) is 17.2 Å². The molecule has 0 heterocycles. The lowest BCUT2D eigenvalue weighted by molar-refractivity contribution is 0.377. The van der Waals surface area contributed by atoms with Crippen molar-refractivity contribution < 1.29 is 32.2 Å². The molecular formula is C12H5F5O2. The van der Waals surface area contributed by atoms with Gasteiger partial charge in [0.2, 0.25) is 5.82 Å². The van der Waals surface area contributed by atoms with E-state index >= 15 is 0 Å². The van der Waals surface area contributed by atoms with Gasteiger partial charge in [-0.25, -0.2) is 17.6 Å². The molecule has 0 saturated heterocycles. The molecule has 0 saturated carbocycles. The third-order valence-electron chi connectivity index (χ3n) is 2.46. The van der Waals surface area contributed by atoms with E-state index in [1.54, 1.807) is 0 Å². The molecule has 2 rings (SSSR count). The summed E-state index contributed by atoms with van der Waals surface area (Å²) in [7, 11) is 0. The van der Waals surface area contributed by atoms with Crippen molar-refractivity contribution in [2.24, 2.45) is 0 Å². The second-order valence-electron chi connectivity index (χ2n) is 3.67. The summed E-state index contributed by atoms with van der Waals surface area (Å²) >= 11 is 0. The molecule has 0 spiro atoms. The summed E-state index contributed by atoms with van der Waals surface area (Å²) in [6, 6.07) is 1.05. The Bertz CT molecular complexity index is 670. The van der Waals surface area contributed by atoms with E-state index in [0.29, 0.717) is 18.2 Å². The quantitative estimate of drug-likeness (QED) is 0.618. The first-order chi connectivity index (χ1) is 8.82. The summed E-state index contributed by atoms with van der Waals surface area (Å²) in [5.74, 6) is -10.3. The van der Waals surface area contributed by atoms with Crippen LogP contribution in [0, 0.1) is 29.1 Å². The molecule has 0 aliphatic rings. The Labute approximate surface area is 103 Å². The average molecular weight is 276 g/mol. The Morgan fingerprint density at radius 3 is 1.84 bits per heavy atom. The molecule has 19 heavy (non-hydrogen) atoms. The normalized spacial score (nSPS) is 10.8. The van der Waals surface area contributed by atoms with Gasteiger partial charge in [0.1, 0.15) is 5.82 Å². The van der Waals surface area contributed by atoms with E-state index in [2.05, 4.69) is 0 Å². The number of phenolic OH excluding ortho intramolecular Hbond substituents is 2. The standard InChI is InChI=1S/C12H5F5O2/c13-6-3-9(18)7(14)1-4(6)5-2-8(15)12(19)11(17)10(5)16/h1-3,18-19H. The van der Waals surface area contributed by atoms with Crippen LogP contribution in [0.2, 0.25) is 0 Å². The van der Waals surface area contributed by atoms with Crippen molar-refractivity contribution in [3.63, 3.8) is 0 Å². The zero-order chi connectivity index (χ0) is 14.3. The number of aromatic hydroxyl groups is 2. The van der Waals surface area contributed by atoms with Crippen LogP contribution in [0.1, 0.15) is 0 Å². The molecule has 7 heteroatoms. The molecule has 0 aromatic heterocycles. The first-order valence-electron chi connectivity index (χ1n) is 4.87. The Morgan fingerprint density at radius 1 is 0.632 bits per heavy atom. The maximum atomic E-state index is 13.5. The van der Waals surface area contributed by atoms with E-state index in [9.17, 15) is 22.0 Å². The molecule has 0 bridgehead atoms. The van der Waals surface area contributed by atoms with E-state index in [0.717, 1.165) is 0 Å². The molecule has 0 fully saturated rings. The molecule has 0 aliphatic heterocycles. The van der Waals surface area contributed by atoms with Crippen LogP contribution in [0.15, 0.2) is 18.2 Å². The van der Waals surface area contributed by atoms with Gasteiger partial charge >= 0.3 is 0 Å². The minimum atomic E-state index is -1.91. The molecular weight excluding hydrogens is 271 g/mol. The SMILES string of the molecule is Oc1cc(F)c(-c2cc(F)c(O)c(F)c2F)cc1F. The van der Waals surface area contributed by atoms with Crippen molar-refractivity contribution in [3.05, 3.63) is 47.3 Å². The predicted octanol–water partition coefficient (Wildman–Crippen LogP) is 3.46. The van der Waals surface area contributed by atoms with Crippen LogP contribution in [-0.4, -0.2) is 10.2 Å². The zero-order valence-corrected chi connectivity index (χ0v) is 9.02. The third-order valence-corrected chi connectivity index (χ3v) is 2.46. The van der Waals surface area contributed by atoms with E-state index in [4.69, 9.17) is 10.2 Å². The molecule has 2 nitrogen and oxygen atoms in total. The first kappa shape index (κ1) is 13.1. The summed E-state index contributed by atoms with van der Waals surface area (Å²) in [5.41, 5.74) is -1.70. The van der Waals surface area contributed by atoms with Crippen LogP contribution >= 0.6 is 0 Å². The van der Waals surface area contributed by atoms with Gasteiger partial charge in [-0.15, -0.1) is 0 Å². The van der Waals surface area contributed by atoms with Crippen LogP contribution < -0.4 is 0 Å². The summed E-state index contributed by atoms with van der Waals surface area (Å²) in [6.45, 7) is 0. The fourth-order valence-electron chi connectivity index (χ4n) is 1.52. The number of hydrogen-bond donors (Lipinski definition) is 2. The van der Waals surface area contributed by atoms with Crippen LogP contribution in [0.25, 0.3) is 11.1 Å². The monoisotopic (exact) mass is 276 g/mol. The van der Waals surface area contributed by atoms with Gasteiger partial charge < -0.3 is 10.2 Å². The van der Waals surface area contributed by atoms with Crippen LogP contribution in [0.4, 0.5) is 22.0 Å². The number of phenols is 2. The highest BCUT2D eigenvalue weighted by Crippen LogP contribution is 2.34. The smallest absolute Gasteiger partial charge is 0.204 e. The molecule has 100 valence electrons. The Hall–Kier alpha value is -2.31. The highest BCUT2D eigenvalue weighted by Gasteiger charge is 2.22. The second-order valence-corrected chi connectivity index (χ2v) is 3.67. The average Bonchev–Trinajstić information content (AvgIpc) is 2.36. The van der Waals surface area contributed by atoms with Crippen molar-refractivity contribution in [1.29, 1.82) is 0 Å². The van der Waals surface area contributed by atoms with Crippen LogP contribution in [0.3, 0.4) is 0 Å². The molecule has 0 unspecified atom stereocenters. The Kier molecular flexibility index (Phi) is 3.05. The van der Waals surface area contributed by atoms with Gasteiger partial charge in [0.05, 0.1) is 0 Å². The lowest BCUT2D eigenvalue weighted by Gasteiger charge is -2.08. The maximum Gasteiger partial charge on any atom is 0.204 e. The summed E-state index contributed by atoms with van der Waals surface area (Å²) in [4.78, 5) is 0. The summed E-state index contributed by atoms with van der Waals surface area (Å²) < 4.78 is 66.2. The minimum absolute atomic E-state index is 0.322. The number of hydrogen-bond acceptors (Lipinski definition) is 2. The topological polar surface area (TPSA) is 40.5 Å². The van der Waals surface area contributed by atoms with Crippen molar-refractivity contribution in [3.8, 4) is 22.6 Å². The van der Waals surface area contributed by atoms with Gasteiger partial charge in [-0.2, -0.15) is 4.39 Å². The van der Waals surface area contributed by atoms with Crippen molar-refractivity contribution >= 4 is 0 Å². The highest BCUT2D eigenvalue weighted by atomic mass is 19.2. The van der Waals surface area contributed by atoms with Gasteiger partial charge in [-0.3, -0.25) is 0 Å². The lowest BCUT2D eigenvalue weighted by atomic mass is 10.0. The van der Waals surface area contributed by atoms with E-state index in [-0.39, 0.29) is 0 Å². The summed E-state index contributed by atoms with van der Waals surface area (Å²) in [6.07, 6.45) is 0. The molecule has 0 atom stereocenters. The van der Waals surface area contributed by atoms with Crippen LogP contribution in [0.5, 0.6) is 11.5 Å². The largest absolute Gasteiger partial charge is 0.505 e. The number of halogens is 5. The second kappa shape index (κ2) is 4.42. The van der Waals surface area contributed by atoms with E-state index in [1.165, 1.54) is 0 Å². The lowest BCUT2D eigenvalue weighted by Crippen LogP contribution is -1.96. The van der Waals surface area contributed by atoms with Crippen molar-refractivity contribution in [1.82, 2.24) is 0 Å². The van der Waals surface area contributed by atoms with Gasteiger partial charge in [-0.05, 0) is 12.1 Å². The molecule has 2 aromatic carbocycles. The van der Waals surface area contributed by atoms with Gasteiger partial charge in [0.15, 0.2) is 29.0 Å². The first-order valence-corrected chi connectivity index (χ1v) is 4.87. The van der Waals surface area contributed by atoms with E-state index in [1.807, 2.05) is 0 Å². The molecule has 2 N–H and O–H groups in total. The van der Waals surface area contributed by atoms with Gasteiger partial charge in [-0.1, -0.05) is 0 Å². The van der Waals surface area contributed by atoms with Crippen LogP contribution in [-0.2, 0) is 0 Å². The third kappa shape index (κ3) is 2.07. The molecule has 2 aromatic rings. The molecule has 0 amide bonds. The molecule has 0 radical (unpaired) electrons. The fourth-order valence-corrected chi connectivity index (χ4v) is 1.52. The van der Waals surface area contributed by atoms with E-state index < -0.39 is 51.7 Å². The summed E-state index contributed by atoms with van der Waals surface area (Å²) in [5, 5.41) is 17.7. The van der Waals surface area contributed by atoms with Gasteiger partial charge in [0.25, 0.3) is 0 Å². The Balaban J connectivity index is 2.76. The fraction of sp³-hybridized carbons (Fsp3) is 0. The minimum Gasteiger partial charge on any atom is -0.505 e. The van der Waals surface area contributed by atoms with Crippen molar-refractivity contribution in [2.45, 2.75) is 0 Å². The maximum absolute atomic E-state index is 13.5.